The third kappa shape index (κ3) is 1.70. The van der Waals surface area contributed by atoms with E-state index >= 15 is 0 Å². The zero-order chi connectivity index (χ0) is 8.65. The van der Waals surface area contributed by atoms with Gasteiger partial charge in [0.1, 0.15) is 18.5 Å². The molecular weight excluding hydrogens is 263 g/mol. The number of rotatable bonds is 1. The Morgan fingerprint density at radius 3 is 2.00 bits per heavy atom. The summed E-state index contributed by atoms with van der Waals surface area (Å²) in [6.07, 6.45) is 0. The largest absolute Gasteiger partial charge is 0.583 e. The van der Waals surface area contributed by atoms with E-state index in [1.54, 1.807) is 29.5 Å². The van der Waals surface area contributed by atoms with Gasteiger partial charge in [-0.25, -0.2) is 10.3 Å². The summed E-state index contributed by atoms with van der Waals surface area (Å²) in [5.74, 6) is 0. The first-order valence-electron chi connectivity index (χ1n) is 3.22. The summed E-state index contributed by atoms with van der Waals surface area (Å²) in [7, 11) is 0. The Morgan fingerprint density at radius 1 is 1.45 bits per heavy atom. The van der Waals surface area contributed by atoms with E-state index in [0.29, 0.717) is 0 Å². The first-order chi connectivity index (χ1) is 4.96. The predicted octanol–water partition coefficient (Wildman–Crippen LogP) is -2.35. The van der Waals surface area contributed by atoms with Crippen LogP contribution in [-0.4, -0.2) is 16.9 Å². The molecule has 0 amide bonds. The van der Waals surface area contributed by atoms with Crippen LogP contribution in [0.3, 0.4) is 0 Å². The van der Waals surface area contributed by atoms with Crippen molar-refractivity contribution < 1.29 is 15.1 Å². The fourth-order valence-electron chi connectivity index (χ4n) is 1.11. The third-order valence-electron chi connectivity index (χ3n) is 1.89. The first kappa shape index (κ1) is 9.33. The van der Waals surface area contributed by atoms with Gasteiger partial charge in [0.05, 0.1) is 0 Å². The number of nitrogens with one attached hydrogen (secondary N) is 2. The van der Waals surface area contributed by atoms with Gasteiger partial charge in [0.15, 0.2) is 0 Å². The van der Waals surface area contributed by atoms with Crippen molar-refractivity contribution in [3.63, 3.8) is 0 Å². The quantitative estimate of drug-likeness (QED) is 0.319. The standard InChI is InChI=1S/C5H9IN2O3/c1-5(4(6)9)2-7(10)8(11)3-5/h7-8H,2-3H2,1H3. The predicted molar refractivity (Wildman–Crippen MR) is 45.5 cm³/mol. The maximum absolute atomic E-state index is 10.9. The molecule has 0 aliphatic carbocycles. The van der Waals surface area contributed by atoms with E-state index in [-0.39, 0.29) is 16.9 Å². The highest BCUT2D eigenvalue weighted by molar-refractivity contribution is 14.1. The minimum atomic E-state index is -0.714. The van der Waals surface area contributed by atoms with Gasteiger partial charge < -0.3 is 10.4 Å². The fourth-order valence-corrected chi connectivity index (χ4v) is 1.49. The third-order valence-corrected chi connectivity index (χ3v) is 3.19. The normalized spacial score (nSPS) is 44.4. The molecule has 1 aliphatic rings. The van der Waals surface area contributed by atoms with Gasteiger partial charge >= 0.3 is 0 Å². The second-order valence-electron chi connectivity index (χ2n) is 3.03. The van der Waals surface area contributed by atoms with Crippen LogP contribution in [0.5, 0.6) is 0 Å². The SMILES string of the molecule is CC1(C(=O)I)C[NH+]([O-])[NH+]([O-])C1. The monoisotopic (exact) mass is 272 g/mol. The van der Waals surface area contributed by atoms with E-state index in [1.165, 1.54) is 0 Å². The van der Waals surface area contributed by atoms with Crippen molar-refractivity contribution in [1.82, 2.24) is 0 Å². The Kier molecular flexibility index (Phi) is 2.49. The molecule has 2 N–H and O–H groups in total. The van der Waals surface area contributed by atoms with Crippen molar-refractivity contribution in [1.29, 1.82) is 0 Å². The maximum atomic E-state index is 10.9. The molecule has 1 heterocycles. The highest BCUT2D eigenvalue weighted by atomic mass is 127. The minimum Gasteiger partial charge on any atom is -0.583 e. The number of carbonyl (C=O) groups is 1. The van der Waals surface area contributed by atoms with Crippen molar-refractivity contribution >= 4 is 26.4 Å². The summed E-state index contributed by atoms with van der Waals surface area (Å²) in [4.78, 5) is 10.9. The molecular formula is C5H9IN2O3. The van der Waals surface area contributed by atoms with Crippen LogP contribution >= 0.6 is 22.6 Å². The summed E-state index contributed by atoms with van der Waals surface area (Å²) >= 11 is 1.64. The average Bonchev–Trinajstić information content (AvgIpc) is 2.09. The van der Waals surface area contributed by atoms with Gasteiger partial charge in [0.2, 0.25) is 3.79 Å². The first-order valence-corrected chi connectivity index (χ1v) is 4.29. The molecule has 0 spiro atoms. The van der Waals surface area contributed by atoms with Crippen molar-refractivity contribution in [3.05, 3.63) is 10.4 Å². The van der Waals surface area contributed by atoms with Gasteiger partial charge in [-0.2, -0.15) is 0 Å². The average molecular weight is 272 g/mol. The zero-order valence-electron chi connectivity index (χ0n) is 6.02. The van der Waals surface area contributed by atoms with E-state index < -0.39 is 15.8 Å². The zero-order valence-corrected chi connectivity index (χ0v) is 8.17. The summed E-state index contributed by atoms with van der Waals surface area (Å²) in [5.41, 5.74) is -0.714. The second kappa shape index (κ2) is 2.94. The van der Waals surface area contributed by atoms with Gasteiger partial charge in [-0.1, -0.05) is 0 Å². The molecule has 11 heavy (non-hydrogen) atoms. The van der Waals surface area contributed by atoms with Crippen LogP contribution in [0.1, 0.15) is 6.92 Å². The van der Waals surface area contributed by atoms with Crippen molar-refractivity contribution in [2.75, 3.05) is 13.1 Å². The number of halogens is 1. The number of hydroxylamine groups is 2. The van der Waals surface area contributed by atoms with Gasteiger partial charge in [0.25, 0.3) is 0 Å². The van der Waals surface area contributed by atoms with Crippen molar-refractivity contribution in [2.45, 2.75) is 6.92 Å². The number of hydrogen-bond acceptors (Lipinski definition) is 3. The van der Waals surface area contributed by atoms with Gasteiger partial charge in [-0.05, 0) is 6.92 Å². The lowest BCUT2D eigenvalue weighted by Gasteiger charge is -2.24. The van der Waals surface area contributed by atoms with E-state index in [4.69, 9.17) is 0 Å². The molecule has 0 radical (unpaired) electrons. The Labute approximate surface area is 77.6 Å². The Bertz CT molecular complexity index is 177. The molecule has 2 atom stereocenters. The Morgan fingerprint density at radius 2 is 1.82 bits per heavy atom. The van der Waals surface area contributed by atoms with Crippen LogP contribution < -0.4 is 10.3 Å². The van der Waals surface area contributed by atoms with Crippen LogP contribution in [0.4, 0.5) is 0 Å². The highest BCUT2D eigenvalue weighted by Crippen LogP contribution is 2.18. The molecule has 0 aromatic carbocycles. The van der Waals surface area contributed by atoms with E-state index in [2.05, 4.69) is 0 Å². The molecule has 64 valence electrons. The maximum Gasteiger partial charge on any atom is 0.210 e. The fraction of sp³-hybridized carbons (Fsp3) is 0.800. The molecule has 1 saturated heterocycles. The molecule has 0 aromatic rings. The number of carbonyl (C=O) groups excluding carboxylic acids is 1. The molecule has 2 unspecified atom stereocenters. The van der Waals surface area contributed by atoms with Gasteiger partial charge in [0, 0.05) is 22.6 Å². The lowest BCUT2D eigenvalue weighted by atomic mass is 9.95. The molecule has 1 rings (SSSR count). The summed E-state index contributed by atoms with van der Waals surface area (Å²) in [5, 5.41) is 20.8. The minimum absolute atomic E-state index is 0.0909. The smallest absolute Gasteiger partial charge is 0.210 e. The topological polar surface area (TPSA) is 72.1 Å². The molecule has 0 bridgehead atoms. The van der Waals surface area contributed by atoms with Gasteiger partial charge in [-0.15, -0.1) is 0 Å². The van der Waals surface area contributed by atoms with Crippen molar-refractivity contribution in [2.24, 2.45) is 5.41 Å². The number of quaternary nitrogens is 2. The summed E-state index contributed by atoms with van der Waals surface area (Å²) in [6, 6.07) is 0. The van der Waals surface area contributed by atoms with E-state index in [0.717, 1.165) is 0 Å². The van der Waals surface area contributed by atoms with Crippen LogP contribution in [0.15, 0.2) is 0 Å². The molecule has 0 aromatic heterocycles. The molecule has 5 nitrogen and oxygen atoms in total. The molecule has 1 aliphatic heterocycles. The van der Waals surface area contributed by atoms with E-state index in [1.807, 2.05) is 0 Å². The molecule has 0 saturated carbocycles. The van der Waals surface area contributed by atoms with Crippen molar-refractivity contribution in [3.8, 4) is 0 Å². The van der Waals surface area contributed by atoms with Crippen LogP contribution in [-0.2, 0) is 4.79 Å². The highest BCUT2D eigenvalue weighted by Gasteiger charge is 2.45. The molecule has 1 fully saturated rings. The van der Waals surface area contributed by atoms with Crippen LogP contribution in [0.2, 0.25) is 0 Å². The summed E-state index contributed by atoms with van der Waals surface area (Å²) in [6.45, 7) is 1.84. The second-order valence-corrected chi connectivity index (χ2v) is 4.01. The summed E-state index contributed by atoms with van der Waals surface area (Å²) < 4.78 is -0.102. The Hall–Kier alpha value is 0.240. The Balaban J connectivity index is 2.71. The van der Waals surface area contributed by atoms with E-state index in [9.17, 15) is 15.2 Å². The van der Waals surface area contributed by atoms with Crippen LogP contribution in [0.25, 0.3) is 0 Å². The molecule has 6 heteroatoms. The lowest BCUT2D eigenvalue weighted by molar-refractivity contribution is -1.45. The van der Waals surface area contributed by atoms with Crippen LogP contribution in [0, 0.1) is 15.8 Å². The number of hydrogen-bond donors (Lipinski definition) is 2. The lowest BCUT2D eigenvalue weighted by Crippen LogP contribution is -3.53. The van der Waals surface area contributed by atoms with Gasteiger partial charge in [-0.3, -0.25) is 4.79 Å².